The van der Waals surface area contributed by atoms with E-state index in [1.165, 1.54) is 70.0 Å². The Hall–Kier alpha value is -0.600. The van der Waals surface area contributed by atoms with Crippen LogP contribution in [0.4, 0.5) is 0 Å². The van der Waals surface area contributed by atoms with Crippen molar-refractivity contribution < 1.29 is 17.0 Å². The molecule has 0 spiro atoms. The molecular formula is C18H31ClN2. The monoisotopic (exact) mass is 310 g/mol. The van der Waals surface area contributed by atoms with Crippen molar-refractivity contribution >= 4 is 0 Å². The molecular weight excluding hydrogens is 280 g/mol. The van der Waals surface area contributed by atoms with Crippen molar-refractivity contribution in [3.05, 3.63) is 30.1 Å². The van der Waals surface area contributed by atoms with E-state index in [0.29, 0.717) is 6.04 Å². The van der Waals surface area contributed by atoms with Gasteiger partial charge in [-0.3, -0.25) is 4.90 Å². The first-order valence-electron chi connectivity index (χ1n) is 8.50. The number of nitrogens with zero attached hydrogens (tertiary/aromatic N) is 2. The lowest BCUT2D eigenvalue weighted by Crippen LogP contribution is -3.00. The highest BCUT2D eigenvalue weighted by Gasteiger charge is 2.24. The Morgan fingerprint density at radius 1 is 1.19 bits per heavy atom. The maximum Gasteiger partial charge on any atom is 0.173 e. The van der Waals surface area contributed by atoms with Gasteiger partial charge in [0.05, 0.1) is 0 Å². The third-order valence-electron chi connectivity index (χ3n) is 4.56. The molecule has 0 saturated carbocycles. The van der Waals surface area contributed by atoms with Gasteiger partial charge >= 0.3 is 0 Å². The van der Waals surface area contributed by atoms with Crippen LogP contribution in [0.3, 0.4) is 0 Å². The van der Waals surface area contributed by atoms with E-state index in [4.69, 9.17) is 0 Å². The van der Waals surface area contributed by atoms with Crippen LogP contribution in [0.2, 0.25) is 0 Å². The van der Waals surface area contributed by atoms with Crippen molar-refractivity contribution in [2.75, 3.05) is 13.6 Å². The zero-order valence-electron chi connectivity index (χ0n) is 13.7. The van der Waals surface area contributed by atoms with E-state index in [2.05, 4.69) is 48.0 Å². The molecule has 2 heterocycles. The highest BCUT2D eigenvalue weighted by molar-refractivity contribution is 5.12. The van der Waals surface area contributed by atoms with Crippen molar-refractivity contribution in [1.82, 2.24) is 4.90 Å². The summed E-state index contributed by atoms with van der Waals surface area (Å²) in [6, 6.07) is 5.16. The van der Waals surface area contributed by atoms with E-state index in [0.717, 1.165) is 0 Å². The van der Waals surface area contributed by atoms with Crippen LogP contribution in [0, 0.1) is 0 Å². The molecule has 1 aromatic heterocycles. The quantitative estimate of drug-likeness (QED) is 0.515. The fraction of sp³-hybridized carbons (Fsp3) is 0.722. The Balaban J connectivity index is 0.00000220. The predicted octanol–water partition coefficient (Wildman–Crippen LogP) is 1.11. The van der Waals surface area contributed by atoms with Gasteiger partial charge in [0.15, 0.2) is 12.4 Å². The van der Waals surface area contributed by atoms with Crippen molar-refractivity contribution in [3.8, 4) is 0 Å². The van der Waals surface area contributed by atoms with Crippen molar-refractivity contribution in [2.45, 2.75) is 70.9 Å². The molecule has 120 valence electrons. The summed E-state index contributed by atoms with van der Waals surface area (Å²) in [5.41, 5.74) is 1.50. The topological polar surface area (TPSA) is 7.12 Å². The van der Waals surface area contributed by atoms with Crippen LogP contribution in [0.15, 0.2) is 24.5 Å². The lowest BCUT2D eigenvalue weighted by atomic mass is 10.1. The van der Waals surface area contributed by atoms with Crippen molar-refractivity contribution in [2.24, 2.45) is 0 Å². The van der Waals surface area contributed by atoms with Gasteiger partial charge in [0, 0.05) is 24.1 Å². The molecule has 0 bridgehead atoms. The number of rotatable bonds is 8. The molecule has 1 atom stereocenters. The van der Waals surface area contributed by atoms with E-state index < -0.39 is 0 Å². The number of halogens is 1. The zero-order chi connectivity index (χ0) is 14.2. The summed E-state index contributed by atoms with van der Waals surface area (Å²) < 4.78 is 2.39. The molecule has 1 aliphatic heterocycles. The summed E-state index contributed by atoms with van der Waals surface area (Å²) in [5.74, 6) is 0. The maximum absolute atomic E-state index is 2.49. The minimum atomic E-state index is 0. The van der Waals surface area contributed by atoms with Crippen LogP contribution in [0.25, 0.3) is 0 Å². The minimum Gasteiger partial charge on any atom is -1.00 e. The molecule has 2 nitrogen and oxygen atoms in total. The van der Waals surface area contributed by atoms with Crippen LogP contribution >= 0.6 is 0 Å². The minimum absolute atomic E-state index is 0. The first kappa shape index (κ1) is 18.4. The van der Waals surface area contributed by atoms with E-state index in [-0.39, 0.29) is 12.4 Å². The molecule has 0 aliphatic carbocycles. The molecule has 2 rings (SSSR count). The van der Waals surface area contributed by atoms with E-state index in [1.54, 1.807) is 0 Å². The fourth-order valence-corrected chi connectivity index (χ4v) is 3.28. The van der Waals surface area contributed by atoms with Gasteiger partial charge in [-0.2, -0.15) is 0 Å². The lowest BCUT2D eigenvalue weighted by Gasteiger charge is -2.18. The van der Waals surface area contributed by atoms with Gasteiger partial charge in [-0.05, 0) is 38.9 Å². The largest absolute Gasteiger partial charge is 1.00 e. The molecule has 1 aliphatic rings. The Bertz CT molecular complexity index is 395. The van der Waals surface area contributed by atoms with Gasteiger partial charge in [0.25, 0.3) is 0 Å². The number of hydrogen-bond acceptors (Lipinski definition) is 1. The Labute approximate surface area is 137 Å². The molecule has 0 amide bonds. The van der Waals surface area contributed by atoms with Crippen LogP contribution in [-0.2, 0) is 6.54 Å². The molecule has 1 saturated heterocycles. The number of likely N-dealkylation sites (tertiary alicyclic amines) is 1. The molecule has 3 heteroatoms. The Morgan fingerprint density at radius 2 is 1.95 bits per heavy atom. The second-order valence-corrected chi connectivity index (χ2v) is 6.28. The number of aromatic nitrogens is 1. The first-order valence-corrected chi connectivity index (χ1v) is 8.50. The van der Waals surface area contributed by atoms with Crippen LogP contribution in [0.5, 0.6) is 0 Å². The summed E-state index contributed by atoms with van der Waals surface area (Å²) in [7, 11) is 2.25. The normalized spacial score (nSPS) is 18.7. The van der Waals surface area contributed by atoms with Gasteiger partial charge in [-0.1, -0.05) is 32.6 Å². The van der Waals surface area contributed by atoms with Crippen LogP contribution in [-0.4, -0.2) is 18.5 Å². The Morgan fingerprint density at radius 3 is 2.67 bits per heavy atom. The average molecular weight is 311 g/mol. The average Bonchev–Trinajstić information content (AvgIpc) is 2.89. The highest BCUT2D eigenvalue weighted by atomic mass is 35.5. The summed E-state index contributed by atoms with van der Waals surface area (Å²) in [6.07, 6.45) is 15.5. The van der Waals surface area contributed by atoms with E-state index in [1.807, 2.05) is 0 Å². The number of hydrogen-bond donors (Lipinski definition) is 0. The Kier molecular flexibility index (Phi) is 8.94. The molecule has 1 unspecified atom stereocenters. The third-order valence-corrected chi connectivity index (χ3v) is 4.56. The number of pyridine rings is 1. The number of aryl methyl sites for hydroxylation is 1. The summed E-state index contributed by atoms with van der Waals surface area (Å²) in [4.78, 5) is 2.49. The summed E-state index contributed by atoms with van der Waals surface area (Å²) in [6.45, 7) is 4.70. The van der Waals surface area contributed by atoms with Gasteiger partial charge in [0.2, 0.25) is 0 Å². The van der Waals surface area contributed by atoms with Crippen molar-refractivity contribution in [1.29, 1.82) is 0 Å². The molecule has 1 aromatic rings. The predicted molar refractivity (Wildman–Crippen MR) is 84.6 cm³/mol. The van der Waals surface area contributed by atoms with E-state index in [9.17, 15) is 0 Å². The molecule has 0 N–H and O–H groups in total. The van der Waals surface area contributed by atoms with Crippen molar-refractivity contribution in [3.63, 3.8) is 0 Å². The molecule has 1 fully saturated rings. The van der Waals surface area contributed by atoms with Gasteiger partial charge in [-0.15, -0.1) is 0 Å². The van der Waals surface area contributed by atoms with Gasteiger partial charge in [0.1, 0.15) is 6.54 Å². The van der Waals surface area contributed by atoms with E-state index >= 15 is 0 Å². The molecule has 0 aromatic carbocycles. The lowest BCUT2D eigenvalue weighted by molar-refractivity contribution is -0.697. The first-order chi connectivity index (χ1) is 9.81. The zero-order valence-corrected chi connectivity index (χ0v) is 14.5. The standard InChI is InChI=1S/C18H31N2.ClH/c1-3-4-5-6-7-8-14-20-15-9-11-17(16-20)18-12-10-13-19(18)2;/h9,11,15-16,18H,3-8,10,12-14H2,1-2H3;1H/q+1;/p-1. The summed E-state index contributed by atoms with van der Waals surface area (Å²) >= 11 is 0. The second kappa shape index (κ2) is 10.2. The van der Waals surface area contributed by atoms with Crippen LogP contribution < -0.4 is 17.0 Å². The smallest absolute Gasteiger partial charge is 0.173 e. The third kappa shape index (κ3) is 5.96. The highest BCUT2D eigenvalue weighted by Crippen LogP contribution is 2.29. The van der Waals surface area contributed by atoms with Gasteiger partial charge in [-0.25, -0.2) is 4.57 Å². The second-order valence-electron chi connectivity index (χ2n) is 6.28. The SMILES string of the molecule is CCCCCCCC[n+]1cccc(C2CCCN2C)c1.[Cl-]. The molecule has 0 radical (unpaired) electrons. The fourth-order valence-electron chi connectivity index (χ4n) is 3.28. The summed E-state index contributed by atoms with van der Waals surface area (Å²) in [5, 5.41) is 0. The number of unbranched alkanes of at least 4 members (excludes halogenated alkanes) is 5. The van der Waals surface area contributed by atoms with Gasteiger partial charge < -0.3 is 12.4 Å². The molecule has 21 heavy (non-hydrogen) atoms. The maximum atomic E-state index is 2.49. The van der Waals surface area contributed by atoms with Crippen LogP contribution in [0.1, 0.15) is 69.9 Å².